The predicted octanol–water partition coefficient (Wildman–Crippen LogP) is 2.52. The molecule has 140 valence electrons. The number of anilines is 1. The molecule has 1 aromatic rings. The van der Waals surface area contributed by atoms with Gasteiger partial charge >= 0.3 is 5.97 Å². The Kier molecular flexibility index (Phi) is 5.98. The third-order valence-electron chi connectivity index (χ3n) is 4.12. The van der Waals surface area contributed by atoms with Crippen LogP contribution < -0.4 is 5.32 Å². The zero-order chi connectivity index (χ0) is 18.7. The van der Waals surface area contributed by atoms with Crippen molar-refractivity contribution in [1.82, 2.24) is 4.90 Å². The van der Waals surface area contributed by atoms with E-state index in [9.17, 15) is 14.4 Å². The number of thiophene rings is 1. The molecule has 0 saturated carbocycles. The minimum Gasteiger partial charge on any atom is -0.465 e. The minimum absolute atomic E-state index is 0.0562. The smallest absolute Gasteiger partial charge is 0.340 e. The van der Waals surface area contributed by atoms with Crippen molar-refractivity contribution in [3.63, 3.8) is 0 Å². The number of fused-ring (bicyclic) bond motifs is 1. The van der Waals surface area contributed by atoms with Crippen LogP contribution in [-0.2, 0) is 20.7 Å². The van der Waals surface area contributed by atoms with E-state index in [0.29, 0.717) is 17.1 Å². The van der Waals surface area contributed by atoms with Crippen LogP contribution >= 0.6 is 23.1 Å². The summed E-state index contributed by atoms with van der Waals surface area (Å²) < 4.78 is 4.80. The Morgan fingerprint density at radius 3 is 2.96 bits per heavy atom. The molecule has 2 aliphatic heterocycles. The maximum absolute atomic E-state index is 12.5. The van der Waals surface area contributed by atoms with E-state index < -0.39 is 11.2 Å². The van der Waals surface area contributed by atoms with E-state index in [1.807, 2.05) is 0 Å². The molecule has 1 atom stereocenters. The number of aliphatic imine (C=N–C) groups is 1. The van der Waals surface area contributed by atoms with Crippen molar-refractivity contribution in [2.75, 3.05) is 25.5 Å². The molecular formula is C17H21N3O4S2. The highest BCUT2D eigenvalue weighted by atomic mass is 32.2. The number of ether oxygens (including phenoxy) is 1. The fourth-order valence-electron chi connectivity index (χ4n) is 2.88. The number of carbonyl (C=O) groups is 3. The molecular weight excluding hydrogens is 374 g/mol. The Labute approximate surface area is 160 Å². The van der Waals surface area contributed by atoms with Gasteiger partial charge in [-0.1, -0.05) is 25.1 Å². The lowest BCUT2D eigenvalue weighted by molar-refractivity contribution is -0.128. The van der Waals surface area contributed by atoms with Gasteiger partial charge in [-0.3, -0.25) is 19.5 Å². The molecule has 1 unspecified atom stereocenters. The van der Waals surface area contributed by atoms with Crippen LogP contribution in [0.4, 0.5) is 5.00 Å². The van der Waals surface area contributed by atoms with Gasteiger partial charge in [0.1, 0.15) is 10.3 Å². The fourth-order valence-corrected chi connectivity index (χ4v) is 5.24. The van der Waals surface area contributed by atoms with E-state index in [4.69, 9.17) is 4.74 Å². The largest absolute Gasteiger partial charge is 0.465 e. The third kappa shape index (κ3) is 3.93. The number of amides is 2. The third-order valence-corrected chi connectivity index (χ3v) is 6.44. The Morgan fingerprint density at radius 1 is 1.46 bits per heavy atom. The summed E-state index contributed by atoms with van der Waals surface area (Å²) in [6, 6.07) is 1.76. The quantitative estimate of drug-likeness (QED) is 0.748. The summed E-state index contributed by atoms with van der Waals surface area (Å²) in [6.45, 7) is 3.44. The van der Waals surface area contributed by atoms with Crippen molar-refractivity contribution >= 4 is 51.1 Å². The van der Waals surface area contributed by atoms with Crippen LogP contribution in [0.25, 0.3) is 0 Å². The van der Waals surface area contributed by atoms with Gasteiger partial charge in [0.25, 0.3) is 0 Å². The van der Waals surface area contributed by atoms with Gasteiger partial charge in [0.15, 0.2) is 5.17 Å². The van der Waals surface area contributed by atoms with Crippen LogP contribution in [-0.4, -0.2) is 53.3 Å². The molecule has 7 nitrogen and oxygen atoms in total. The lowest BCUT2D eigenvalue weighted by Gasteiger charge is -2.19. The minimum atomic E-state index is -0.475. The van der Waals surface area contributed by atoms with E-state index in [1.54, 1.807) is 11.0 Å². The fraction of sp³-hybridized carbons (Fsp3) is 0.529. The van der Waals surface area contributed by atoms with Crippen molar-refractivity contribution in [3.8, 4) is 0 Å². The number of amidine groups is 1. The first-order valence-corrected chi connectivity index (χ1v) is 10.3. The highest BCUT2D eigenvalue weighted by Gasteiger charge is 2.39. The van der Waals surface area contributed by atoms with Gasteiger partial charge in [0.2, 0.25) is 11.8 Å². The van der Waals surface area contributed by atoms with Crippen molar-refractivity contribution < 1.29 is 19.1 Å². The summed E-state index contributed by atoms with van der Waals surface area (Å²) in [6.07, 6.45) is 2.68. The van der Waals surface area contributed by atoms with Crippen LogP contribution in [0.1, 0.15) is 41.4 Å². The van der Waals surface area contributed by atoms with E-state index >= 15 is 0 Å². The molecule has 1 fully saturated rings. The molecule has 1 saturated heterocycles. The van der Waals surface area contributed by atoms with Gasteiger partial charge in [-0.15, -0.1) is 11.3 Å². The summed E-state index contributed by atoms with van der Waals surface area (Å²) in [5.41, 5.74) is 0.362. The first-order chi connectivity index (χ1) is 12.5. The monoisotopic (exact) mass is 395 g/mol. The highest BCUT2D eigenvalue weighted by molar-refractivity contribution is 8.15. The first-order valence-electron chi connectivity index (χ1n) is 8.56. The molecule has 0 radical (unpaired) electrons. The molecule has 1 N–H and O–H groups in total. The molecule has 0 aliphatic carbocycles. The number of thioether (sulfide) groups is 1. The molecule has 2 amide bonds. The van der Waals surface area contributed by atoms with Crippen molar-refractivity contribution in [3.05, 3.63) is 16.5 Å². The zero-order valence-corrected chi connectivity index (χ0v) is 16.4. The zero-order valence-electron chi connectivity index (χ0n) is 14.7. The Hall–Kier alpha value is -1.87. The number of aryl methyl sites for hydroxylation is 1. The molecule has 9 heteroatoms. The second-order valence-electron chi connectivity index (χ2n) is 6.06. The van der Waals surface area contributed by atoms with Crippen molar-refractivity contribution in [2.45, 2.75) is 37.9 Å². The molecule has 0 bridgehead atoms. The summed E-state index contributed by atoms with van der Waals surface area (Å²) in [5, 5.41) is 3.53. The Morgan fingerprint density at radius 2 is 2.27 bits per heavy atom. The lowest BCUT2D eigenvalue weighted by Crippen LogP contribution is -2.36. The van der Waals surface area contributed by atoms with E-state index in [0.717, 1.165) is 35.9 Å². The van der Waals surface area contributed by atoms with Crippen LogP contribution in [0.5, 0.6) is 0 Å². The second-order valence-corrected chi connectivity index (χ2v) is 8.37. The molecule has 2 aliphatic rings. The van der Waals surface area contributed by atoms with Gasteiger partial charge in [-0.2, -0.15) is 0 Å². The number of methoxy groups -OCH3 is 1. The molecule has 0 aromatic carbocycles. The van der Waals surface area contributed by atoms with Gasteiger partial charge in [-0.25, -0.2) is 4.79 Å². The standard InChI is InChI=1S/C17H21N3O4S2/c1-3-5-10-8-11(16(23)24-2)14(25-10)19-13(21)9-12-15(22)20-7-4-6-18-17(20)26-12/h8,12H,3-7,9H2,1-2H3,(H,19,21). The summed E-state index contributed by atoms with van der Waals surface area (Å²) in [7, 11) is 1.32. The topological polar surface area (TPSA) is 88.1 Å². The average molecular weight is 396 g/mol. The lowest BCUT2D eigenvalue weighted by atomic mass is 10.2. The molecule has 26 heavy (non-hydrogen) atoms. The molecule has 3 heterocycles. The number of nitrogens with one attached hydrogen (secondary N) is 1. The summed E-state index contributed by atoms with van der Waals surface area (Å²) >= 11 is 2.72. The number of hydrogen-bond acceptors (Lipinski definition) is 7. The number of rotatable bonds is 6. The van der Waals surface area contributed by atoms with Crippen molar-refractivity contribution in [1.29, 1.82) is 0 Å². The van der Waals surface area contributed by atoms with Gasteiger partial charge in [-0.05, 0) is 18.9 Å². The van der Waals surface area contributed by atoms with Gasteiger partial charge < -0.3 is 10.1 Å². The van der Waals surface area contributed by atoms with E-state index in [-0.39, 0.29) is 18.2 Å². The van der Waals surface area contributed by atoms with Crippen LogP contribution in [0, 0.1) is 0 Å². The number of carbonyl (C=O) groups excluding carboxylic acids is 3. The molecule has 0 spiro atoms. The molecule has 3 rings (SSSR count). The van der Waals surface area contributed by atoms with Crippen LogP contribution in [0.15, 0.2) is 11.1 Å². The Balaban J connectivity index is 1.68. The van der Waals surface area contributed by atoms with E-state index in [2.05, 4.69) is 17.2 Å². The maximum atomic E-state index is 12.5. The second kappa shape index (κ2) is 8.22. The Bertz CT molecular complexity index is 759. The summed E-state index contributed by atoms with van der Waals surface area (Å²) in [4.78, 5) is 43.9. The van der Waals surface area contributed by atoms with Crippen LogP contribution in [0.3, 0.4) is 0 Å². The SMILES string of the molecule is CCCc1cc(C(=O)OC)c(NC(=O)CC2SC3=NCCCN3C2=O)s1. The van der Waals surface area contributed by atoms with Gasteiger partial charge in [0, 0.05) is 24.4 Å². The number of esters is 1. The number of nitrogens with zero attached hydrogens (tertiary/aromatic N) is 2. The number of hydrogen-bond donors (Lipinski definition) is 1. The average Bonchev–Trinajstić information content (AvgIpc) is 3.16. The van der Waals surface area contributed by atoms with Crippen LogP contribution in [0.2, 0.25) is 0 Å². The normalized spacial score (nSPS) is 19.2. The van der Waals surface area contributed by atoms with Crippen molar-refractivity contribution in [2.24, 2.45) is 4.99 Å². The van der Waals surface area contributed by atoms with E-state index in [1.165, 1.54) is 30.2 Å². The van der Waals surface area contributed by atoms with Gasteiger partial charge in [0.05, 0.1) is 12.7 Å². The summed E-state index contributed by atoms with van der Waals surface area (Å²) in [5.74, 6) is -0.822. The predicted molar refractivity (Wildman–Crippen MR) is 103 cm³/mol. The highest BCUT2D eigenvalue weighted by Crippen LogP contribution is 2.33. The molecule has 1 aromatic heterocycles. The maximum Gasteiger partial charge on any atom is 0.340 e. The first kappa shape index (κ1) is 18.9.